The highest BCUT2D eigenvalue weighted by molar-refractivity contribution is 14.0. The van der Waals surface area contributed by atoms with Gasteiger partial charge in [0.1, 0.15) is 0 Å². The molecule has 0 aliphatic carbocycles. The van der Waals surface area contributed by atoms with Crippen molar-refractivity contribution >= 4 is 35.9 Å². The predicted molar refractivity (Wildman–Crippen MR) is 90.1 cm³/mol. The number of methoxy groups -OCH3 is 1. The maximum atomic E-state index is 11.0. The van der Waals surface area contributed by atoms with Gasteiger partial charge < -0.3 is 15.4 Å². The summed E-state index contributed by atoms with van der Waals surface area (Å²) < 4.78 is 4.57. The second-order valence-corrected chi connectivity index (χ2v) is 4.37. The van der Waals surface area contributed by atoms with Gasteiger partial charge in [0.15, 0.2) is 5.96 Å². The van der Waals surface area contributed by atoms with E-state index in [-0.39, 0.29) is 29.9 Å². The van der Waals surface area contributed by atoms with Crippen LogP contribution in [0.2, 0.25) is 0 Å². The van der Waals surface area contributed by atoms with Gasteiger partial charge in [-0.25, -0.2) is 0 Å². The summed E-state index contributed by atoms with van der Waals surface area (Å²) in [5.41, 5.74) is 0. The van der Waals surface area contributed by atoms with Crippen molar-refractivity contribution in [3.8, 4) is 0 Å². The van der Waals surface area contributed by atoms with E-state index in [9.17, 15) is 4.79 Å². The lowest BCUT2D eigenvalue weighted by atomic mass is 10.1. The minimum Gasteiger partial charge on any atom is -0.469 e. The Bertz CT molecular complexity index is 260. The van der Waals surface area contributed by atoms with Crippen molar-refractivity contribution in [3.63, 3.8) is 0 Å². The van der Waals surface area contributed by atoms with Gasteiger partial charge in [-0.2, -0.15) is 0 Å². The number of carbonyl (C=O) groups is 1. The Morgan fingerprint density at radius 3 is 2.58 bits per heavy atom. The molecule has 0 aliphatic heterocycles. The summed E-state index contributed by atoms with van der Waals surface area (Å²) >= 11 is 0. The molecule has 0 bridgehead atoms. The zero-order chi connectivity index (χ0) is 13.8. The highest BCUT2D eigenvalue weighted by atomic mass is 127. The first-order valence-electron chi connectivity index (χ1n) is 6.68. The van der Waals surface area contributed by atoms with Crippen LogP contribution in [0.5, 0.6) is 0 Å². The van der Waals surface area contributed by atoms with Crippen molar-refractivity contribution in [1.29, 1.82) is 0 Å². The molecular weight excluding hydrogens is 357 g/mol. The minimum absolute atomic E-state index is 0. The molecule has 0 rings (SSSR count). The predicted octanol–water partition coefficient (Wildman–Crippen LogP) is 2.30. The fraction of sp³-hybridized carbons (Fsp3) is 0.846. The fourth-order valence-electron chi connectivity index (χ4n) is 1.59. The van der Waals surface area contributed by atoms with E-state index in [0.717, 1.165) is 12.4 Å². The topological polar surface area (TPSA) is 62.7 Å². The first-order valence-corrected chi connectivity index (χ1v) is 6.68. The summed E-state index contributed by atoms with van der Waals surface area (Å²) in [5.74, 6) is 0.525. The fourth-order valence-corrected chi connectivity index (χ4v) is 1.59. The number of ether oxygens (including phenoxy) is 1. The lowest BCUT2D eigenvalue weighted by molar-refractivity contribution is -0.140. The zero-order valence-corrected chi connectivity index (χ0v) is 14.8. The number of carbonyl (C=O) groups excluding carboxylic acids is 1. The van der Waals surface area contributed by atoms with E-state index >= 15 is 0 Å². The molecule has 1 unspecified atom stereocenters. The van der Waals surface area contributed by atoms with Gasteiger partial charge in [-0.1, -0.05) is 26.2 Å². The molecule has 0 spiro atoms. The largest absolute Gasteiger partial charge is 0.469 e. The van der Waals surface area contributed by atoms with Gasteiger partial charge in [0.25, 0.3) is 0 Å². The minimum atomic E-state index is -0.214. The number of aliphatic imine (C=N–C) groups is 1. The molecule has 0 saturated carbocycles. The number of unbranched alkanes of at least 4 members (excludes halogenated alkanes) is 2. The third-order valence-electron chi connectivity index (χ3n) is 2.70. The maximum absolute atomic E-state index is 11.0. The Labute approximate surface area is 134 Å². The van der Waals surface area contributed by atoms with E-state index in [1.54, 1.807) is 7.05 Å². The lowest BCUT2D eigenvalue weighted by Gasteiger charge is -2.17. The SMILES string of the molecule is CCCCCC(C)NC(=NC)NCCC(=O)OC.I. The summed E-state index contributed by atoms with van der Waals surface area (Å²) in [6.45, 7) is 4.88. The monoisotopic (exact) mass is 385 g/mol. The van der Waals surface area contributed by atoms with Crippen LogP contribution in [0.15, 0.2) is 4.99 Å². The number of rotatable bonds is 8. The molecular formula is C13H28IN3O2. The van der Waals surface area contributed by atoms with Gasteiger partial charge in [-0.05, 0) is 13.3 Å². The van der Waals surface area contributed by atoms with Gasteiger partial charge in [0.05, 0.1) is 13.5 Å². The van der Waals surface area contributed by atoms with Gasteiger partial charge in [-0.15, -0.1) is 24.0 Å². The summed E-state index contributed by atoms with van der Waals surface area (Å²) in [7, 11) is 3.12. The molecule has 0 radical (unpaired) electrons. The zero-order valence-electron chi connectivity index (χ0n) is 12.5. The van der Waals surface area contributed by atoms with E-state index in [4.69, 9.17) is 0 Å². The Balaban J connectivity index is 0. The third kappa shape index (κ3) is 12.3. The highest BCUT2D eigenvalue weighted by Crippen LogP contribution is 2.02. The number of hydrogen-bond acceptors (Lipinski definition) is 3. The lowest BCUT2D eigenvalue weighted by Crippen LogP contribution is -2.42. The van der Waals surface area contributed by atoms with E-state index in [1.807, 2.05) is 0 Å². The van der Waals surface area contributed by atoms with Crippen LogP contribution >= 0.6 is 24.0 Å². The third-order valence-corrected chi connectivity index (χ3v) is 2.70. The molecule has 0 heterocycles. The number of halogens is 1. The molecule has 6 heteroatoms. The molecule has 5 nitrogen and oxygen atoms in total. The number of nitrogens with zero attached hydrogens (tertiary/aromatic N) is 1. The quantitative estimate of drug-likeness (QED) is 0.221. The Kier molecular flexibility index (Phi) is 15.2. The van der Waals surface area contributed by atoms with Gasteiger partial charge in [0.2, 0.25) is 0 Å². The first-order chi connectivity index (χ1) is 8.63. The molecule has 0 aromatic rings. The van der Waals surface area contributed by atoms with E-state index in [0.29, 0.717) is 19.0 Å². The standard InChI is InChI=1S/C13H27N3O2.HI/c1-5-6-7-8-11(2)16-13(14-3)15-10-9-12(17)18-4;/h11H,5-10H2,1-4H3,(H2,14,15,16);1H. The average Bonchev–Trinajstić information content (AvgIpc) is 2.37. The van der Waals surface area contributed by atoms with Crippen LogP contribution in [0.25, 0.3) is 0 Å². The summed E-state index contributed by atoms with van der Waals surface area (Å²) in [5, 5.41) is 6.40. The normalized spacial score (nSPS) is 12.3. The van der Waals surface area contributed by atoms with E-state index in [2.05, 4.69) is 34.2 Å². The molecule has 1 atom stereocenters. The van der Waals surface area contributed by atoms with Crippen LogP contribution in [0.4, 0.5) is 0 Å². The number of nitrogens with one attached hydrogen (secondary N) is 2. The molecule has 0 saturated heterocycles. The molecule has 0 aromatic heterocycles. The van der Waals surface area contributed by atoms with E-state index in [1.165, 1.54) is 26.4 Å². The van der Waals surface area contributed by atoms with Crippen LogP contribution in [0, 0.1) is 0 Å². The summed E-state index contributed by atoms with van der Waals surface area (Å²) in [6, 6.07) is 0.390. The van der Waals surface area contributed by atoms with Crippen molar-refractivity contribution < 1.29 is 9.53 Å². The van der Waals surface area contributed by atoms with Crippen LogP contribution in [-0.2, 0) is 9.53 Å². The molecule has 2 N–H and O–H groups in total. The number of esters is 1. The van der Waals surface area contributed by atoms with Crippen molar-refractivity contribution in [3.05, 3.63) is 0 Å². The summed E-state index contributed by atoms with van der Waals surface area (Å²) in [4.78, 5) is 15.1. The van der Waals surface area contributed by atoms with Crippen LogP contribution in [0.1, 0.15) is 46.0 Å². The Morgan fingerprint density at radius 1 is 1.37 bits per heavy atom. The van der Waals surface area contributed by atoms with Crippen LogP contribution in [0.3, 0.4) is 0 Å². The smallest absolute Gasteiger partial charge is 0.307 e. The van der Waals surface area contributed by atoms with Crippen molar-refractivity contribution in [2.45, 2.75) is 52.0 Å². The average molecular weight is 385 g/mol. The van der Waals surface area contributed by atoms with Gasteiger partial charge >= 0.3 is 5.97 Å². The molecule has 0 aliphatic rings. The van der Waals surface area contributed by atoms with E-state index < -0.39 is 0 Å². The van der Waals surface area contributed by atoms with Crippen molar-refractivity contribution in [1.82, 2.24) is 10.6 Å². The molecule has 114 valence electrons. The van der Waals surface area contributed by atoms with Crippen LogP contribution < -0.4 is 10.6 Å². The number of guanidine groups is 1. The molecule has 0 aromatic carbocycles. The number of hydrogen-bond donors (Lipinski definition) is 2. The van der Waals surface area contributed by atoms with Crippen molar-refractivity contribution in [2.75, 3.05) is 20.7 Å². The summed E-state index contributed by atoms with van der Waals surface area (Å²) in [6.07, 6.45) is 5.20. The first kappa shape index (κ1) is 20.8. The molecule has 0 fully saturated rings. The molecule has 19 heavy (non-hydrogen) atoms. The maximum Gasteiger partial charge on any atom is 0.307 e. The molecule has 0 amide bonds. The Hall–Kier alpha value is -0.530. The second kappa shape index (κ2) is 13.9. The second-order valence-electron chi connectivity index (χ2n) is 4.37. The Morgan fingerprint density at radius 2 is 2.05 bits per heavy atom. The highest BCUT2D eigenvalue weighted by Gasteiger charge is 2.05. The van der Waals surface area contributed by atoms with Crippen molar-refractivity contribution in [2.24, 2.45) is 4.99 Å². The van der Waals surface area contributed by atoms with Gasteiger partial charge in [-0.3, -0.25) is 9.79 Å². The van der Waals surface area contributed by atoms with Crippen LogP contribution in [-0.4, -0.2) is 38.7 Å². The van der Waals surface area contributed by atoms with Gasteiger partial charge in [0, 0.05) is 19.6 Å².